The van der Waals surface area contributed by atoms with Crippen LogP contribution in [0.15, 0.2) is 24.3 Å². The average molecular weight is 325 g/mol. The summed E-state index contributed by atoms with van der Waals surface area (Å²) in [4.78, 5) is 2.32. The Morgan fingerprint density at radius 3 is 2.52 bits per heavy atom. The summed E-state index contributed by atoms with van der Waals surface area (Å²) in [5, 5.41) is 3.17. The number of nitrogens with one attached hydrogen (secondary N) is 1. The van der Waals surface area contributed by atoms with E-state index in [0.717, 1.165) is 38.2 Å². The van der Waals surface area contributed by atoms with Gasteiger partial charge >= 0.3 is 6.36 Å². The Labute approximate surface area is 128 Å². The molecule has 1 aliphatic heterocycles. The van der Waals surface area contributed by atoms with Gasteiger partial charge in [-0.15, -0.1) is 25.6 Å². The molecular formula is C14H20ClF3N2O. The van der Waals surface area contributed by atoms with Gasteiger partial charge in [-0.3, -0.25) is 4.90 Å². The number of hydrogen-bond acceptors (Lipinski definition) is 3. The minimum Gasteiger partial charge on any atom is -0.406 e. The van der Waals surface area contributed by atoms with Gasteiger partial charge in [-0.1, -0.05) is 12.1 Å². The van der Waals surface area contributed by atoms with Crippen molar-refractivity contribution in [2.24, 2.45) is 5.92 Å². The number of likely N-dealkylation sites (tertiary alicyclic amines) is 1. The van der Waals surface area contributed by atoms with Crippen molar-refractivity contribution in [2.75, 3.05) is 26.7 Å². The number of ether oxygens (including phenoxy) is 1. The smallest absolute Gasteiger partial charge is 0.406 e. The summed E-state index contributed by atoms with van der Waals surface area (Å²) in [6.07, 6.45) is -3.47. The Morgan fingerprint density at radius 2 is 1.95 bits per heavy atom. The van der Waals surface area contributed by atoms with Gasteiger partial charge in [0.05, 0.1) is 0 Å². The highest BCUT2D eigenvalue weighted by Crippen LogP contribution is 2.24. The van der Waals surface area contributed by atoms with Gasteiger partial charge in [-0.05, 0) is 50.2 Å². The van der Waals surface area contributed by atoms with E-state index in [1.54, 1.807) is 12.1 Å². The van der Waals surface area contributed by atoms with Crippen molar-refractivity contribution in [3.8, 4) is 5.75 Å². The van der Waals surface area contributed by atoms with Gasteiger partial charge in [0.1, 0.15) is 5.75 Å². The Bertz CT molecular complexity index is 425. The van der Waals surface area contributed by atoms with Crippen LogP contribution in [0.25, 0.3) is 0 Å². The lowest BCUT2D eigenvalue weighted by molar-refractivity contribution is -0.274. The highest BCUT2D eigenvalue weighted by Gasteiger charge is 2.31. The highest BCUT2D eigenvalue weighted by atomic mass is 35.5. The summed E-state index contributed by atoms with van der Waals surface area (Å²) < 4.78 is 40.0. The molecule has 1 aromatic rings. The van der Waals surface area contributed by atoms with E-state index < -0.39 is 6.36 Å². The maximum absolute atomic E-state index is 12.0. The number of rotatable bonds is 5. The number of hydrogen-bond donors (Lipinski definition) is 1. The van der Waals surface area contributed by atoms with Crippen molar-refractivity contribution in [3.63, 3.8) is 0 Å². The molecule has 1 fully saturated rings. The molecule has 1 atom stereocenters. The van der Waals surface area contributed by atoms with E-state index in [0.29, 0.717) is 5.92 Å². The molecule has 0 amide bonds. The molecular weight excluding hydrogens is 305 g/mol. The first-order valence-corrected chi connectivity index (χ1v) is 6.68. The van der Waals surface area contributed by atoms with Gasteiger partial charge in [0.25, 0.3) is 0 Å². The predicted molar refractivity (Wildman–Crippen MR) is 77.7 cm³/mol. The third-order valence-corrected chi connectivity index (χ3v) is 3.43. The van der Waals surface area contributed by atoms with Crippen LogP contribution in [0, 0.1) is 5.92 Å². The molecule has 3 nitrogen and oxygen atoms in total. The van der Waals surface area contributed by atoms with Crippen molar-refractivity contribution >= 4 is 12.4 Å². The maximum Gasteiger partial charge on any atom is 0.573 e. The first kappa shape index (κ1) is 18.1. The van der Waals surface area contributed by atoms with Crippen molar-refractivity contribution in [1.29, 1.82) is 0 Å². The number of benzene rings is 1. The Hall–Kier alpha value is -0.980. The van der Waals surface area contributed by atoms with E-state index >= 15 is 0 Å². The molecule has 0 saturated carbocycles. The van der Waals surface area contributed by atoms with Crippen LogP contribution < -0.4 is 10.1 Å². The van der Waals surface area contributed by atoms with E-state index in [9.17, 15) is 13.2 Å². The second-order valence-corrected chi connectivity index (χ2v) is 5.14. The molecule has 21 heavy (non-hydrogen) atoms. The minimum absolute atomic E-state index is 0. The number of nitrogens with zero attached hydrogens (tertiary/aromatic N) is 1. The van der Waals surface area contributed by atoms with Gasteiger partial charge in [-0.25, -0.2) is 0 Å². The Morgan fingerprint density at radius 1 is 1.29 bits per heavy atom. The third kappa shape index (κ3) is 6.11. The zero-order valence-electron chi connectivity index (χ0n) is 11.8. The van der Waals surface area contributed by atoms with Crippen molar-refractivity contribution in [2.45, 2.75) is 19.3 Å². The van der Waals surface area contributed by atoms with E-state index in [-0.39, 0.29) is 18.2 Å². The van der Waals surface area contributed by atoms with E-state index in [2.05, 4.69) is 15.0 Å². The van der Waals surface area contributed by atoms with Crippen LogP contribution in [-0.4, -0.2) is 37.9 Å². The fourth-order valence-electron chi connectivity index (χ4n) is 2.57. The second kappa shape index (κ2) is 7.87. The molecule has 0 radical (unpaired) electrons. The molecule has 0 aliphatic carbocycles. The monoisotopic (exact) mass is 324 g/mol. The van der Waals surface area contributed by atoms with Crippen LogP contribution in [0.3, 0.4) is 0 Å². The average Bonchev–Trinajstić information content (AvgIpc) is 2.78. The standard InChI is InChI=1S/C14H19F3N2O.ClH/c1-18-8-12-6-7-19(10-12)9-11-2-4-13(5-3-11)20-14(15,16)17;/h2-5,12,18H,6-10H2,1H3;1H. The zero-order valence-corrected chi connectivity index (χ0v) is 12.6. The van der Waals surface area contributed by atoms with Crippen LogP contribution in [0.4, 0.5) is 13.2 Å². The normalized spacial score (nSPS) is 19.3. The van der Waals surface area contributed by atoms with Gasteiger partial charge in [-0.2, -0.15) is 0 Å². The molecule has 0 spiro atoms. The molecule has 0 bridgehead atoms. The van der Waals surface area contributed by atoms with E-state index in [1.165, 1.54) is 12.1 Å². The largest absolute Gasteiger partial charge is 0.573 e. The molecule has 2 rings (SSSR count). The third-order valence-electron chi connectivity index (χ3n) is 3.43. The first-order valence-electron chi connectivity index (χ1n) is 6.68. The number of halogens is 4. The molecule has 0 aromatic heterocycles. The predicted octanol–water partition coefficient (Wildman–Crippen LogP) is 3.05. The molecule has 1 aliphatic rings. The Balaban J connectivity index is 0.00000220. The van der Waals surface area contributed by atoms with Crippen LogP contribution in [0.5, 0.6) is 5.75 Å². The van der Waals surface area contributed by atoms with Crippen LogP contribution in [0.2, 0.25) is 0 Å². The van der Waals surface area contributed by atoms with Gasteiger partial charge in [0, 0.05) is 13.1 Å². The summed E-state index contributed by atoms with van der Waals surface area (Å²) in [5.74, 6) is 0.489. The second-order valence-electron chi connectivity index (χ2n) is 5.14. The lowest BCUT2D eigenvalue weighted by atomic mass is 10.1. The van der Waals surface area contributed by atoms with Gasteiger partial charge < -0.3 is 10.1 Å². The summed E-state index contributed by atoms with van der Waals surface area (Å²) in [5.41, 5.74) is 1.00. The minimum atomic E-state index is -4.63. The fraction of sp³-hybridized carbons (Fsp3) is 0.571. The lowest BCUT2D eigenvalue weighted by Crippen LogP contribution is -2.24. The molecule has 7 heteroatoms. The van der Waals surface area contributed by atoms with E-state index in [1.807, 2.05) is 7.05 Å². The molecule has 1 unspecified atom stereocenters. The topological polar surface area (TPSA) is 24.5 Å². The quantitative estimate of drug-likeness (QED) is 0.901. The molecule has 1 aromatic carbocycles. The molecule has 120 valence electrons. The first-order chi connectivity index (χ1) is 9.46. The van der Waals surface area contributed by atoms with Crippen molar-refractivity contribution in [3.05, 3.63) is 29.8 Å². The van der Waals surface area contributed by atoms with E-state index in [4.69, 9.17) is 0 Å². The van der Waals surface area contributed by atoms with Crippen LogP contribution in [-0.2, 0) is 6.54 Å². The summed E-state index contributed by atoms with van der Waals surface area (Å²) in [6, 6.07) is 6.10. The summed E-state index contributed by atoms with van der Waals surface area (Å²) in [7, 11) is 1.95. The fourth-order valence-corrected chi connectivity index (χ4v) is 2.57. The zero-order chi connectivity index (χ0) is 14.6. The maximum atomic E-state index is 12.0. The van der Waals surface area contributed by atoms with Gasteiger partial charge in [0.2, 0.25) is 0 Å². The van der Waals surface area contributed by atoms with Gasteiger partial charge in [0.15, 0.2) is 0 Å². The molecule has 1 heterocycles. The summed E-state index contributed by atoms with van der Waals surface area (Å²) >= 11 is 0. The highest BCUT2D eigenvalue weighted by molar-refractivity contribution is 5.85. The number of alkyl halides is 3. The molecule has 1 saturated heterocycles. The van der Waals surface area contributed by atoms with Crippen LogP contribution in [0.1, 0.15) is 12.0 Å². The van der Waals surface area contributed by atoms with Crippen LogP contribution >= 0.6 is 12.4 Å². The van der Waals surface area contributed by atoms with Crippen molar-refractivity contribution < 1.29 is 17.9 Å². The Kier molecular flexibility index (Phi) is 6.77. The molecule has 1 N–H and O–H groups in total. The lowest BCUT2D eigenvalue weighted by Gasteiger charge is -2.16. The summed E-state index contributed by atoms with van der Waals surface area (Å²) in [6.45, 7) is 3.84. The van der Waals surface area contributed by atoms with Crippen molar-refractivity contribution in [1.82, 2.24) is 10.2 Å². The SMILES string of the molecule is CNCC1CCN(Cc2ccc(OC(F)(F)F)cc2)C1.Cl.